The lowest BCUT2D eigenvalue weighted by atomic mass is 10.0. The molecule has 4 amide bonds. The van der Waals surface area contributed by atoms with E-state index in [1.807, 2.05) is 74.5 Å². The van der Waals surface area contributed by atoms with Crippen LogP contribution in [0.4, 0.5) is 4.79 Å². The molecule has 17 heteroatoms. The van der Waals surface area contributed by atoms with Crippen LogP contribution in [-0.4, -0.2) is 99.5 Å². The van der Waals surface area contributed by atoms with Crippen LogP contribution >= 0.6 is 0 Å². The Kier molecular flexibility index (Phi) is 11.8. The van der Waals surface area contributed by atoms with Gasteiger partial charge in [0.1, 0.15) is 35.6 Å². The van der Waals surface area contributed by atoms with Crippen LogP contribution in [-0.2, 0) is 29.1 Å². The summed E-state index contributed by atoms with van der Waals surface area (Å²) in [5.74, 6) is -1.37. The van der Waals surface area contributed by atoms with E-state index in [2.05, 4.69) is 15.4 Å². The second-order valence-corrected chi connectivity index (χ2v) is 19.9. The zero-order valence-electron chi connectivity index (χ0n) is 35.7. The summed E-state index contributed by atoms with van der Waals surface area (Å²) in [6.07, 6.45) is 9.93. The maximum absolute atomic E-state index is 14.8. The van der Waals surface area contributed by atoms with Crippen molar-refractivity contribution in [2.24, 2.45) is 5.92 Å². The average Bonchev–Trinajstić information content (AvgIpc) is 4.07. The summed E-state index contributed by atoms with van der Waals surface area (Å²) < 4.78 is 48.3. The van der Waals surface area contributed by atoms with Gasteiger partial charge in [-0.2, -0.15) is 9.61 Å². The molecule has 4 aromatic rings. The zero-order chi connectivity index (χ0) is 43.9. The van der Waals surface area contributed by atoms with Crippen LogP contribution in [0.5, 0.6) is 11.6 Å². The molecule has 0 bridgehead atoms. The number of nitrogens with zero attached hydrogens (tertiary/aromatic N) is 4. The van der Waals surface area contributed by atoms with E-state index in [-0.39, 0.29) is 31.6 Å². The van der Waals surface area contributed by atoms with Crippen molar-refractivity contribution >= 4 is 50.4 Å². The first-order valence-electron chi connectivity index (χ1n) is 22.4. The van der Waals surface area contributed by atoms with Crippen LogP contribution in [0.15, 0.2) is 66.7 Å². The number of hydrogen-bond donors (Lipinski definition) is 3. The fourth-order valence-electron chi connectivity index (χ4n) is 9.18. The maximum atomic E-state index is 14.8. The number of amides is 4. The Morgan fingerprint density at radius 1 is 0.937 bits per heavy atom. The largest absolute Gasteiger partial charge is 0.491 e. The van der Waals surface area contributed by atoms with Gasteiger partial charge in [-0.05, 0) is 90.2 Å². The molecule has 334 valence electrons. The maximum Gasteiger partial charge on any atom is 0.408 e. The number of benzene rings is 2. The third-order valence-electron chi connectivity index (χ3n) is 12.8. The SMILES string of the molecule is CC(C)Oc1ccc2c(c1)nn1c(O[C@@H]3C[C@H]4C(=O)N[C@]5(C(=O)NS(=O)(=O)C6CC6)C[C@H]5C=CCCCCC[C@H](NC(=O)OC5CCCC5)C(=O)N4C3)cc(-c3ccccc3)nc21. The highest BCUT2D eigenvalue weighted by molar-refractivity contribution is 7.91. The van der Waals surface area contributed by atoms with Gasteiger partial charge in [0.25, 0.3) is 5.91 Å². The summed E-state index contributed by atoms with van der Waals surface area (Å²) in [6, 6.07) is 14.9. The molecule has 63 heavy (non-hydrogen) atoms. The van der Waals surface area contributed by atoms with Gasteiger partial charge in [-0.1, -0.05) is 55.3 Å². The Hall–Kier alpha value is -5.71. The Balaban J connectivity index is 1.06. The van der Waals surface area contributed by atoms with Crippen molar-refractivity contribution in [3.63, 3.8) is 0 Å². The molecule has 4 heterocycles. The van der Waals surface area contributed by atoms with Gasteiger partial charge >= 0.3 is 6.09 Å². The lowest BCUT2D eigenvalue weighted by Gasteiger charge is -2.30. The summed E-state index contributed by atoms with van der Waals surface area (Å²) in [7, 11) is -3.92. The summed E-state index contributed by atoms with van der Waals surface area (Å²) in [5.41, 5.74) is 1.10. The Bertz CT molecular complexity index is 2540. The molecule has 5 atom stereocenters. The third-order valence-corrected chi connectivity index (χ3v) is 14.6. The number of aromatic nitrogens is 3. The minimum absolute atomic E-state index is 0.0209. The molecule has 9 rings (SSSR count). The fourth-order valence-corrected chi connectivity index (χ4v) is 10.5. The Morgan fingerprint density at radius 2 is 1.71 bits per heavy atom. The Labute approximate surface area is 366 Å². The van der Waals surface area contributed by atoms with E-state index in [0.29, 0.717) is 60.6 Å². The van der Waals surface area contributed by atoms with Crippen molar-refractivity contribution in [2.75, 3.05) is 6.54 Å². The molecule has 2 aliphatic heterocycles. The Morgan fingerprint density at radius 3 is 2.48 bits per heavy atom. The number of ether oxygens (including phenoxy) is 3. The smallest absolute Gasteiger partial charge is 0.408 e. The molecular weight excluding hydrogens is 827 g/mol. The normalized spacial score (nSPS) is 25.8. The van der Waals surface area contributed by atoms with E-state index in [9.17, 15) is 27.6 Å². The van der Waals surface area contributed by atoms with Crippen LogP contribution in [0.1, 0.15) is 97.3 Å². The minimum atomic E-state index is -3.92. The van der Waals surface area contributed by atoms with Gasteiger partial charge in [-0.25, -0.2) is 18.2 Å². The molecule has 0 unspecified atom stereocenters. The van der Waals surface area contributed by atoms with Crippen molar-refractivity contribution in [1.82, 2.24) is 34.9 Å². The summed E-state index contributed by atoms with van der Waals surface area (Å²) in [6.45, 7) is 3.86. The van der Waals surface area contributed by atoms with Gasteiger partial charge in [-0.15, -0.1) is 0 Å². The number of alkyl carbamates (subject to hydrolysis) is 1. The van der Waals surface area contributed by atoms with Crippen LogP contribution in [0.2, 0.25) is 0 Å². The molecule has 2 aromatic carbocycles. The molecule has 5 aliphatic rings. The number of nitrogens with one attached hydrogen (secondary N) is 3. The summed E-state index contributed by atoms with van der Waals surface area (Å²) >= 11 is 0. The van der Waals surface area contributed by atoms with Gasteiger partial charge < -0.3 is 29.7 Å². The first-order chi connectivity index (χ1) is 30.4. The first-order valence-corrected chi connectivity index (χ1v) is 24.0. The molecule has 3 N–H and O–H groups in total. The minimum Gasteiger partial charge on any atom is -0.491 e. The standard InChI is InChI=1S/C46H55N7O9S/c1-28(2)60-32-19-22-35-38(23-32)50-53-40(25-37(47-41(35)53)29-13-7-6-8-14-29)61-33-24-39-42(54)49-46(44(56)51-63(58,59)34-20-21-34)26-30(46)15-9-4-3-5-10-18-36(43(55)52(39)27-33)48-45(57)62-31-16-11-12-17-31/h6-9,13-15,19,22-23,25,28,30-31,33-34,36,39H,3-5,10-12,16-18,20-21,24,26-27H2,1-2H3,(H,48,57)(H,49,54)(H,51,56)/t30-,33-,36+,39+,46-/m1/s1. The molecular formula is C46H55N7O9S. The van der Waals surface area contributed by atoms with Crippen molar-refractivity contribution in [1.29, 1.82) is 0 Å². The lowest BCUT2D eigenvalue weighted by Crippen LogP contribution is -2.58. The number of hydrogen-bond acceptors (Lipinski definition) is 11. The van der Waals surface area contributed by atoms with E-state index < -0.39 is 68.7 Å². The zero-order valence-corrected chi connectivity index (χ0v) is 36.5. The predicted octanol–water partition coefficient (Wildman–Crippen LogP) is 5.73. The molecule has 3 saturated carbocycles. The highest BCUT2D eigenvalue weighted by atomic mass is 32.2. The van der Waals surface area contributed by atoms with Gasteiger partial charge in [0.05, 0.1) is 29.1 Å². The van der Waals surface area contributed by atoms with E-state index >= 15 is 0 Å². The number of sulfonamides is 1. The predicted molar refractivity (Wildman–Crippen MR) is 233 cm³/mol. The van der Waals surface area contributed by atoms with Gasteiger partial charge in [-0.3, -0.25) is 19.1 Å². The first kappa shape index (κ1) is 42.6. The quantitative estimate of drug-likeness (QED) is 0.165. The van der Waals surface area contributed by atoms with Crippen LogP contribution in [0.3, 0.4) is 0 Å². The fraction of sp³-hybridized carbons (Fsp3) is 0.522. The lowest BCUT2D eigenvalue weighted by molar-refractivity contribution is -0.141. The molecule has 16 nitrogen and oxygen atoms in total. The molecule has 4 fully saturated rings. The number of fused-ring (bicyclic) bond motifs is 5. The van der Waals surface area contributed by atoms with Crippen molar-refractivity contribution in [2.45, 2.75) is 139 Å². The summed E-state index contributed by atoms with van der Waals surface area (Å²) in [4.78, 5) is 63.2. The van der Waals surface area contributed by atoms with Gasteiger partial charge in [0.15, 0.2) is 5.65 Å². The van der Waals surface area contributed by atoms with Crippen molar-refractivity contribution in [3.05, 3.63) is 66.7 Å². The van der Waals surface area contributed by atoms with E-state index in [4.69, 9.17) is 24.3 Å². The number of carbonyl (C=O) groups is 4. The second kappa shape index (κ2) is 17.5. The average molecular weight is 882 g/mol. The summed E-state index contributed by atoms with van der Waals surface area (Å²) in [5, 5.41) is 10.8. The molecule has 3 aliphatic carbocycles. The van der Waals surface area contributed by atoms with Crippen molar-refractivity contribution < 1.29 is 41.8 Å². The number of carbonyl (C=O) groups excluding carboxylic acids is 4. The van der Waals surface area contributed by atoms with Gasteiger partial charge in [0, 0.05) is 35.4 Å². The van der Waals surface area contributed by atoms with Crippen LogP contribution < -0.4 is 24.8 Å². The highest BCUT2D eigenvalue weighted by Crippen LogP contribution is 2.46. The van der Waals surface area contributed by atoms with Crippen LogP contribution in [0, 0.1) is 5.92 Å². The van der Waals surface area contributed by atoms with E-state index in [0.717, 1.165) is 49.5 Å². The topological polar surface area (TPSA) is 200 Å². The third kappa shape index (κ3) is 9.20. The van der Waals surface area contributed by atoms with Crippen molar-refractivity contribution in [3.8, 4) is 22.9 Å². The van der Waals surface area contributed by atoms with Crippen LogP contribution in [0.25, 0.3) is 27.8 Å². The molecule has 2 aromatic heterocycles. The monoisotopic (exact) mass is 881 g/mol. The molecule has 1 saturated heterocycles. The second-order valence-electron chi connectivity index (χ2n) is 17.9. The number of allylic oxidation sites excluding steroid dienone is 1. The van der Waals surface area contributed by atoms with Gasteiger partial charge in [0.2, 0.25) is 27.7 Å². The van der Waals surface area contributed by atoms with E-state index in [1.54, 1.807) is 10.6 Å². The highest BCUT2D eigenvalue weighted by Gasteiger charge is 2.62. The van der Waals surface area contributed by atoms with E-state index in [1.165, 1.54) is 4.90 Å². The number of rotatable bonds is 10. The molecule has 0 spiro atoms. The molecule has 0 radical (unpaired) electrons.